The molecule has 1 aromatic heterocycles. The second-order valence-corrected chi connectivity index (χ2v) is 8.19. The highest BCUT2D eigenvalue weighted by molar-refractivity contribution is 7.15. The van der Waals surface area contributed by atoms with E-state index < -0.39 is 5.60 Å². The molecular weight excluding hydrogens is 334 g/mol. The third kappa shape index (κ3) is 4.19. The number of nitrogen functional groups attached to an aromatic ring is 1. The number of thiazole rings is 1. The maximum absolute atomic E-state index is 12.7. The fourth-order valence-electron chi connectivity index (χ4n) is 3.39. The summed E-state index contributed by atoms with van der Waals surface area (Å²) in [4.78, 5) is 19.7. The summed E-state index contributed by atoms with van der Waals surface area (Å²) in [6, 6.07) is 10.1. The molecule has 3 N–H and O–H groups in total. The fourth-order valence-corrected chi connectivity index (χ4v) is 4.22. The van der Waals surface area contributed by atoms with Crippen molar-refractivity contribution in [2.24, 2.45) is 5.92 Å². The van der Waals surface area contributed by atoms with Crippen LogP contribution in [0.25, 0.3) is 0 Å². The van der Waals surface area contributed by atoms with Gasteiger partial charge in [-0.15, -0.1) is 11.3 Å². The zero-order valence-electron chi connectivity index (χ0n) is 14.7. The molecule has 0 spiro atoms. The molecule has 3 rings (SSSR count). The minimum absolute atomic E-state index is 0.0280. The highest BCUT2D eigenvalue weighted by Gasteiger charge is 2.38. The Labute approximate surface area is 152 Å². The molecule has 134 valence electrons. The molecule has 2 heterocycles. The van der Waals surface area contributed by atoms with Crippen LogP contribution in [0.2, 0.25) is 0 Å². The van der Waals surface area contributed by atoms with E-state index in [1.54, 1.807) is 0 Å². The smallest absolute Gasteiger partial charge is 0.227 e. The van der Waals surface area contributed by atoms with Crippen LogP contribution in [0.4, 0.5) is 5.13 Å². The van der Waals surface area contributed by atoms with Gasteiger partial charge in [-0.05, 0) is 32.3 Å². The molecule has 1 saturated heterocycles. The standard InChI is InChI=1S/C19H25N3O2S/c1-13-16(25-18(20)21-13)11-17(23)22-9-8-19(2,24)15(12-22)10-14-6-4-3-5-7-14/h3-7,15,24H,8-12H2,1-2H3,(H2,20,21)/t15-,19+/m1/s1. The van der Waals surface area contributed by atoms with Gasteiger partial charge in [-0.1, -0.05) is 30.3 Å². The summed E-state index contributed by atoms with van der Waals surface area (Å²) in [5.41, 5.74) is 7.00. The van der Waals surface area contributed by atoms with Gasteiger partial charge in [-0.2, -0.15) is 0 Å². The van der Waals surface area contributed by atoms with Gasteiger partial charge in [0.25, 0.3) is 0 Å². The number of carbonyl (C=O) groups is 1. The normalized spacial score (nSPS) is 23.6. The van der Waals surface area contributed by atoms with Gasteiger partial charge < -0.3 is 15.7 Å². The van der Waals surface area contributed by atoms with E-state index in [1.807, 2.05) is 36.9 Å². The molecule has 1 aliphatic rings. The van der Waals surface area contributed by atoms with Crippen LogP contribution >= 0.6 is 11.3 Å². The van der Waals surface area contributed by atoms with Crippen LogP contribution < -0.4 is 5.73 Å². The van der Waals surface area contributed by atoms with E-state index in [2.05, 4.69) is 17.1 Å². The summed E-state index contributed by atoms with van der Waals surface area (Å²) in [6.07, 6.45) is 1.70. The van der Waals surface area contributed by atoms with Crippen molar-refractivity contribution in [3.8, 4) is 0 Å². The van der Waals surface area contributed by atoms with E-state index in [9.17, 15) is 9.90 Å². The predicted octanol–water partition coefficient (Wildman–Crippen LogP) is 2.42. The first-order chi connectivity index (χ1) is 11.8. The highest BCUT2D eigenvalue weighted by Crippen LogP contribution is 2.31. The van der Waals surface area contributed by atoms with Gasteiger partial charge in [-0.25, -0.2) is 4.98 Å². The van der Waals surface area contributed by atoms with Crippen LogP contribution in [0.3, 0.4) is 0 Å². The number of anilines is 1. The Kier molecular flexibility index (Phi) is 5.11. The first-order valence-corrected chi connectivity index (χ1v) is 9.42. The monoisotopic (exact) mass is 359 g/mol. The number of piperidine rings is 1. The largest absolute Gasteiger partial charge is 0.390 e. The van der Waals surface area contributed by atoms with Crippen LogP contribution in [0.5, 0.6) is 0 Å². The molecule has 0 bridgehead atoms. The molecule has 2 atom stereocenters. The number of aliphatic hydroxyl groups is 1. The lowest BCUT2D eigenvalue weighted by molar-refractivity contribution is -0.138. The first kappa shape index (κ1) is 17.9. The Morgan fingerprint density at radius 2 is 2.16 bits per heavy atom. The molecular formula is C19H25N3O2S. The van der Waals surface area contributed by atoms with Crippen molar-refractivity contribution >= 4 is 22.4 Å². The quantitative estimate of drug-likeness (QED) is 0.879. The Hall–Kier alpha value is -1.92. The van der Waals surface area contributed by atoms with Gasteiger partial charge in [0.1, 0.15) is 0 Å². The Morgan fingerprint density at radius 1 is 1.44 bits per heavy atom. The number of aryl methyl sites for hydroxylation is 1. The number of nitrogens with zero attached hydrogens (tertiary/aromatic N) is 2. The third-order valence-corrected chi connectivity index (χ3v) is 6.09. The molecule has 0 unspecified atom stereocenters. The molecule has 25 heavy (non-hydrogen) atoms. The summed E-state index contributed by atoms with van der Waals surface area (Å²) < 4.78 is 0. The van der Waals surface area contributed by atoms with E-state index in [-0.39, 0.29) is 11.8 Å². The third-order valence-electron chi connectivity index (χ3n) is 5.11. The maximum atomic E-state index is 12.7. The van der Waals surface area contributed by atoms with Gasteiger partial charge in [-0.3, -0.25) is 4.79 Å². The summed E-state index contributed by atoms with van der Waals surface area (Å²) in [5, 5.41) is 11.3. The summed E-state index contributed by atoms with van der Waals surface area (Å²) in [7, 11) is 0. The zero-order chi connectivity index (χ0) is 18.0. The van der Waals surface area contributed by atoms with E-state index in [0.717, 1.165) is 17.0 Å². The van der Waals surface area contributed by atoms with Crippen molar-refractivity contribution in [1.29, 1.82) is 0 Å². The van der Waals surface area contributed by atoms with Gasteiger partial charge >= 0.3 is 0 Å². The van der Waals surface area contributed by atoms with Crippen molar-refractivity contribution in [2.75, 3.05) is 18.8 Å². The molecule has 1 amide bonds. The van der Waals surface area contributed by atoms with Crippen LogP contribution in [-0.4, -0.2) is 39.6 Å². The number of hydrogen-bond donors (Lipinski definition) is 2. The number of likely N-dealkylation sites (tertiary alicyclic amines) is 1. The van der Waals surface area contributed by atoms with Crippen molar-refractivity contribution in [3.63, 3.8) is 0 Å². The average molecular weight is 359 g/mol. The molecule has 5 nitrogen and oxygen atoms in total. The predicted molar refractivity (Wildman–Crippen MR) is 100 cm³/mol. The first-order valence-electron chi connectivity index (χ1n) is 8.61. The SMILES string of the molecule is Cc1nc(N)sc1CC(=O)N1CC[C@](C)(O)[C@H](Cc2ccccc2)C1. The molecule has 6 heteroatoms. The van der Waals surface area contributed by atoms with Crippen LogP contribution in [0.15, 0.2) is 30.3 Å². The molecule has 1 aliphatic heterocycles. The van der Waals surface area contributed by atoms with Gasteiger partial charge in [0.2, 0.25) is 5.91 Å². The van der Waals surface area contributed by atoms with E-state index in [1.165, 1.54) is 16.9 Å². The topological polar surface area (TPSA) is 79.5 Å². The minimum atomic E-state index is -0.753. The van der Waals surface area contributed by atoms with Crippen molar-refractivity contribution < 1.29 is 9.90 Å². The maximum Gasteiger partial charge on any atom is 0.227 e. The lowest BCUT2D eigenvalue weighted by atomic mass is 9.78. The van der Waals surface area contributed by atoms with Gasteiger partial charge in [0.15, 0.2) is 5.13 Å². The fraction of sp³-hybridized carbons (Fsp3) is 0.474. The second kappa shape index (κ2) is 7.14. The number of aromatic nitrogens is 1. The van der Waals surface area contributed by atoms with Crippen molar-refractivity contribution in [3.05, 3.63) is 46.5 Å². The van der Waals surface area contributed by atoms with E-state index in [0.29, 0.717) is 31.1 Å². The van der Waals surface area contributed by atoms with Crippen molar-refractivity contribution in [2.45, 2.75) is 38.7 Å². The van der Waals surface area contributed by atoms with Crippen molar-refractivity contribution in [1.82, 2.24) is 9.88 Å². The number of hydrogen-bond acceptors (Lipinski definition) is 5. The highest BCUT2D eigenvalue weighted by atomic mass is 32.1. The van der Waals surface area contributed by atoms with Crippen LogP contribution in [0, 0.1) is 12.8 Å². The average Bonchev–Trinajstić information content (AvgIpc) is 2.87. The zero-order valence-corrected chi connectivity index (χ0v) is 15.6. The number of amides is 1. The van der Waals surface area contributed by atoms with Gasteiger partial charge in [0.05, 0.1) is 17.7 Å². The second-order valence-electron chi connectivity index (χ2n) is 7.07. The summed E-state index contributed by atoms with van der Waals surface area (Å²) in [5.74, 6) is 0.112. The Morgan fingerprint density at radius 3 is 2.80 bits per heavy atom. The molecule has 0 radical (unpaired) electrons. The molecule has 2 aromatic rings. The van der Waals surface area contributed by atoms with Gasteiger partial charge in [0, 0.05) is 23.9 Å². The minimum Gasteiger partial charge on any atom is -0.390 e. The van der Waals surface area contributed by atoms with E-state index in [4.69, 9.17) is 5.73 Å². The molecule has 1 aromatic carbocycles. The number of benzene rings is 1. The van der Waals surface area contributed by atoms with Crippen LogP contribution in [0.1, 0.15) is 29.5 Å². The van der Waals surface area contributed by atoms with Crippen LogP contribution in [-0.2, 0) is 17.6 Å². The summed E-state index contributed by atoms with van der Waals surface area (Å²) in [6.45, 7) is 4.93. The lowest BCUT2D eigenvalue weighted by Crippen LogP contribution is -2.53. The molecule has 0 saturated carbocycles. The molecule has 0 aliphatic carbocycles. The Balaban J connectivity index is 1.69. The van der Waals surface area contributed by atoms with E-state index >= 15 is 0 Å². The summed E-state index contributed by atoms with van der Waals surface area (Å²) >= 11 is 1.38. The number of carbonyl (C=O) groups excluding carboxylic acids is 1. The lowest BCUT2D eigenvalue weighted by Gasteiger charge is -2.43. The Bertz CT molecular complexity index is 742. The number of nitrogens with two attached hydrogens (primary N) is 1. The number of rotatable bonds is 4. The molecule has 1 fully saturated rings.